The number of rotatable bonds is 4. The Bertz CT molecular complexity index is 611. The minimum Gasteiger partial charge on any atom is -0.418 e. The van der Waals surface area contributed by atoms with Gasteiger partial charge in [0.05, 0.1) is 11.1 Å². The van der Waals surface area contributed by atoms with Crippen LogP contribution in [0.25, 0.3) is 0 Å². The summed E-state index contributed by atoms with van der Waals surface area (Å²) in [5.41, 5.74) is -0.766. The second kappa shape index (κ2) is 6.77. The van der Waals surface area contributed by atoms with E-state index >= 15 is 0 Å². The van der Waals surface area contributed by atoms with Crippen LogP contribution in [0.1, 0.15) is 20.7 Å². The van der Waals surface area contributed by atoms with E-state index in [0.29, 0.717) is 0 Å². The first-order valence-electron chi connectivity index (χ1n) is 5.89. The molecule has 0 N–H and O–H groups in total. The molecule has 1 aromatic carbocycles. The predicted octanol–water partition coefficient (Wildman–Crippen LogP) is 4.15. The summed E-state index contributed by atoms with van der Waals surface area (Å²) in [6.07, 6.45) is -9.87. The molecule has 4 nitrogen and oxygen atoms in total. The van der Waals surface area contributed by atoms with Crippen LogP contribution >= 0.6 is 0 Å². The zero-order valence-corrected chi connectivity index (χ0v) is 11.6. The van der Waals surface area contributed by atoms with E-state index in [1.165, 1.54) is 0 Å². The van der Waals surface area contributed by atoms with Crippen molar-refractivity contribution in [3.8, 4) is 0 Å². The lowest BCUT2D eigenvalue weighted by molar-refractivity contribution is -0.122. The second-order valence-electron chi connectivity index (χ2n) is 4.20. The van der Waals surface area contributed by atoms with E-state index in [1.54, 1.807) is 0 Å². The fourth-order valence-corrected chi connectivity index (χ4v) is 1.20. The van der Waals surface area contributed by atoms with Crippen LogP contribution in [0, 0.1) is 0 Å². The van der Waals surface area contributed by atoms with Gasteiger partial charge < -0.3 is 9.47 Å². The Morgan fingerprint density at radius 3 is 1.17 bits per heavy atom. The average molecular weight is 354 g/mol. The van der Waals surface area contributed by atoms with Gasteiger partial charge in [0.2, 0.25) is 11.5 Å². The minimum absolute atomic E-state index is 0.383. The van der Waals surface area contributed by atoms with Crippen LogP contribution in [0.4, 0.5) is 26.3 Å². The summed E-state index contributed by atoms with van der Waals surface area (Å²) in [6.45, 7) is 5.07. The van der Waals surface area contributed by atoms with Gasteiger partial charge in [0.1, 0.15) is 0 Å². The van der Waals surface area contributed by atoms with Crippen molar-refractivity contribution in [2.75, 3.05) is 0 Å². The maximum atomic E-state index is 12.2. The number of alkyl halides is 6. The molecule has 0 aliphatic rings. The van der Waals surface area contributed by atoms with Gasteiger partial charge in [-0.15, -0.1) is 0 Å². The number of carbonyl (C=O) groups excluding carboxylic acids is 2. The van der Waals surface area contributed by atoms with Gasteiger partial charge >= 0.3 is 24.3 Å². The summed E-state index contributed by atoms with van der Waals surface area (Å²) in [6, 6.07) is 3.50. The van der Waals surface area contributed by atoms with Crippen LogP contribution in [-0.4, -0.2) is 24.3 Å². The second-order valence-corrected chi connectivity index (χ2v) is 4.20. The van der Waals surface area contributed by atoms with Crippen molar-refractivity contribution in [3.05, 3.63) is 60.1 Å². The zero-order valence-electron chi connectivity index (χ0n) is 11.6. The van der Waals surface area contributed by atoms with Gasteiger partial charge in [-0.05, 0) is 24.3 Å². The normalized spacial score (nSPS) is 11.6. The molecule has 0 aromatic heterocycles. The zero-order chi connectivity index (χ0) is 18.7. The number of carbonyl (C=O) groups is 2. The van der Waals surface area contributed by atoms with Crippen molar-refractivity contribution in [1.29, 1.82) is 0 Å². The van der Waals surface area contributed by atoms with E-state index in [2.05, 4.69) is 22.6 Å². The van der Waals surface area contributed by atoms with Crippen molar-refractivity contribution in [2.45, 2.75) is 12.4 Å². The van der Waals surface area contributed by atoms with Gasteiger partial charge in [-0.1, -0.05) is 13.2 Å². The third kappa shape index (κ3) is 5.14. The third-order valence-corrected chi connectivity index (χ3v) is 2.42. The SMILES string of the molecule is C=C(OC(=O)c1ccc(C(=O)OC(=C)C(F)(F)F)cc1)C(F)(F)F. The van der Waals surface area contributed by atoms with Gasteiger partial charge in [0.25, 0.3) is 0 Å². The van der Waals surface area contributed by atoms with Crippen molar-refractivity contribution in [2.24, 2.45) is 0 Å². The summed E-state index contributed by atoms with van der Waals surface area (Å²) < 4.78 is 81.0. The molecule has 0 unspecified atom stereocenters. The Hall–Kier alpha value is -2.78. The Morgan fingerprint density at radius 1 is 0.708 bits per heavy atom. The molecule has 0 heterocycles. The summed E-state index contributed by atoms with van der Waals surface area (Å²) in [4.78, 5) is 22.9. The number of allylic oxidation sites excluding steroid dienone is 2. The molecule has 0 aliphatic carbocycles. The molecular weight excluding hydrogens is 346 g/mol. The molecule has 0 atom stereocenters. The molecule has 130 valence electrons. The van der Waals surface area contributed by atoms with Crippen molar-refractivity contribution < 1.29 is 45.4 Å². The third-order valence-electron chi connectivity index (χ3n) is 2.42. The Morgan fingerprint density at radius 2 is 0.958 bits per heavy atom. The molecule has 0 radical (unpaired) electrons. The van der Waals surface area contributed by atoms with Crippen LogP contribution < -0.4 is 0 Å². The van der Waals surface area contributed by atoms with Gasteiger partial charge in [-0.25, -0.2) is 9.59 Å². The van der Waals surface area contributed by atoms with Crippen LogP contribution in [0.2, 0.25) is 0 Å². The molecular formula is C14H8F6O4. The molecule has 0 fully saturated rings. The predicted molar refractivity (Wildman–Crippen MR) is 67.7 cm³/mol. The van der Waals surface area contributed by atoms with E-state index in [4.69, 9.17) is 0 Å². The van der Waals surface area contributed by atoms with E-state index in [9.17, 15) is 35.9 Å². The van der Waals surface area contributed by atoms with Crippen LogP contribution in [0.3, 0.4) is 0 Å². The lowest BCUT2D eigenvalue weighted by Crippen LogP contribution is -2.18. The summed E-state index contributed by atoms with van der Waals surface area (Å²) in [7, 11) is 0. The maximum Gasteiger partial charge on any atom is 0.449 e. The lowest BCUT2D eigenvalue weighted by atomic mass is 10.1. The highest BCUT2D eigenvalue weighted by Gasteiger charge is 2.36. The summed E-state index contributed by atoms with van der Waals surface area (Å²) in [5, 5.41) is 0. The number of ether oxygens (including phenoxy) is 2. The number of hydrogen-bond donors (Lipinski definition) is 0. The Labute approximate surface area is 131 Å². The fraction of sp³-hybridized carbons (Fsp3) is 0.143. The maximum absolute atomic E-state index is 12.2. The Balaban J connectivity index is 2.79. The molecule has 0 spiro atoms. The molecule has 1 aromatic rings. The van der Waals surface area contributed by atoms with Crippen LogP contribution in [-0.2, 0) is 9.47 Å². The van der Waals surface area contributed by atoms with Crippen molar-refractivity contribution >= 4 is 11.9 Å². The van der Waals surface area contributed by atoms with Gasteiger partial charge in [0, 0.05) is 0 Å². The highest BCUT2D eigenvalue weighted by atomic mass is 19.4. The van der Waals surface area contributed by atoms with Gasteiger partial charge in [-0.2, -0.15) is 26.3 Å². The molecule has 10 heteroatoms. The first-order chi connectivity index (χ1) is 10.8. The van der Waals surface area contributed by atoms with Crippen molar-refractivity contribution in [3.63, 3.8) is 0 Å². The molecule has 0 aliphatic heterocycles. The van der Waals surface area contributed by atoms with E-state index in [-0.39, 0.29) is 11.1 Å². The van der Waals surface area contributed by atoms with E-state index < -0.39 is 35.8 Å². The van der Waals surface area contributed by atoms with E-state index in [1.807, 2.05) is 0 Å². The standard InChI is InChI=1S/C14H8F6O4/c1-7(13(15,16)17)23-11(21)9-3-5-10(6-4-9)12(22)24-8(2)14(18,19)20/h3-6H,1-2H2. The average Bonchev–Trinajstić information content (AvgIpc) is 2.45. The largest absolute Gasteiger partial charge is 0.449 e. The highest BCUT2D eigenvalue weighted by Crippen LogP contribution is 2.27. The van der Waals surface area contributed by atoms with Gasteiger partial charge in [-0.3, -0.25) is 0 Å². The van der Waals surface area contributed by atoms with Crippen LogP contribution in [0.5, 0.6) is 0 Å². The summed E-state index contributed by atoms with van der Waals surface area (Å²) >= 11 is 0. The first-order valence-corrected chi connectivity index (χ1v) is 5.89. The molecule has 0 saturated carbocycles. The molecule has 0 bridgehead atoms. The number of halogens is 6. The van der Waals surface area contributed by atoms with E-state index in [0.717, 1.165) is 24.3 Å². The van der Waals surface area contributed by atoms with Gasteiger partial charge in [0.15, 0.2) is 0 Å². The Kier molecular flexibility index (Phi) is 5.43. The summed E-state index contributed by atoms with van der Waals surface area (Å²) in [5.74, 6) is -6.29. The monoisotopic (exact) mass is 354 g/mol. The molecule has 24 heavy (non-hydrogen) atoms. The first kappa shape index (κ1) is 19.3. The number of esters is 2. The molecule has 1 rings (SSSR count). The lowest BCUT2D eigenvalue weighted by Gasteiger charge is -2.11. The smallest absolute Gasteiger partial charge is 0.418 e. The van der Waals surface area contributed by atoms with Crippen molar-refractivity contribution in [1.82, 2.24) is 0 Å². The quantitative estimate of drug-likeness (QED) is 0.463. The highest BCUT2D eigenvalue weighted by molar-refractivity contribution is 5.94. The fourth-order valence-electron chi connectivity index (χ4n) is 1.20. The number of benzene rings is 1. The minimum atomic E-state index is -4.93. The number of hydrogen-bond acceptors (Lipinski definition) is 4. The molecule has 0 saturated heterocycles. The van der Waals surface area contributed by atoms with Crippen LogP contribution in [0.15, 0.2) is 48.9 Å². The molecule has 0 amide bonds. The topological polar surface area (TPSA) is 52.6 Å².